The lowest BCUT2D eigenvalue weighted by Gasteiger charge is -2.39. The summed E-state index contributed by atoms with van der Waals surface area (Å²) in [6.07, 6.45) is 3.45. The second-order valence-corrected chi connectivity index (χ2v) is 13.4. The Bertz CT molecular complexity index is 1550. The minimum absolute atomic E-state index is 0.0480. The van der Waals surface area contributed by atoms with E-state index < -0.39 is 65.6 Å². The molecule has 0 saturated carbocycles. The number of hydrogen-bond acceptors (Lipinski definition) is 8. The van der Waals surface area contributed by atoms with Crippen molar-refractivity contribution >= 4 is 41.0 Å². The Morgan fingerprint density at radius 2 is 1.88 bits per heavy atom. The highest BCUT2D eigenvalue weighted by Crippen LogP contribution is 2.59. The molecule has 12 heteroatoms. The summed E-state index contributed by atoms with van der Waals surface area (Å²) in [7, 11) is 1.49. The number of ether oxygens (including phenoxy) is 3. The van der Waals surface area contributed by atoms with Crippen LogP contribution < -0.4 is 10.2 Å². The lowest BCUT2D eigenvalue weighted by atomic mass is 9.70. The van der Waals surface area contributed by atoms with E-state index in [1.807, 2.05) is 13.0 Å². The predicted molar refractivity (Wildman–Crippen MR) is 188 cm³/mol. The average Bonchev–Trinajstić information content (AvgIpc) is 3.77. The number of anilines is 1. The zero-order valence-electron chi connectivity index (χ0n) is 28.5. The Labute approximate surface area is 298 Å². The fourth-order valence-electron chi connectivity index (χ4n) is 7.79. The number of allylic oxidation sites excluding steroid dienone is 1. The number of halogens is 1. The molecule has 11 nitrogen and oxygen atoms in total. The van der Waals surface area contributed by atoms with Gasteiger partial charge in [-0.2, -0.15) is 0 Å². The number of aliphatic hydroxyl groups excluding tert-OH is 1. The molecule has 3 aliphatic rings. The Morgan fingerprint density at radius 1 is 1.16 bits per heavy atom. The van der Waals surface area contributed by atoms with Gasteiger partial charge in [0.15, 0.2) is 0 Å². The van der Waals surface area contributed by atoms with Gasteiger partial charge in [0.05, 0.1) is 43.2 Å². The first kappa shape index (κ1) is 37.2. The molecule has 2 N–H and O–H groups in total. The summed E-state index contributed by atoms with van der Waals surface area (Å²) >= 11 is 6.15. The number of hydrogen-bond donors (Lipinski definition) is 2. The van der Waals surface area contributed by atoms with Crippen LogP contribution in [0.15, 0.2) is 79.9 Å². The highest BCUT2D eigenvalue weighted by Gasteiger charge is 2.75. The number of carbonyl (C=O) groups is 4. The van der Waals surface area contributed by atoms with Crippen LogP contribution in [-0.2, 0) is 33.4 Å². The molecule has 2 aromatic carbocycles. The molecule has 0 radical (unpaired) electrons. The number of esters is 1. The average molecular weight is 708 g/mol. The van der Waals surface area contributed by atoms with Crippen LogP contribution in [0, 0.1) is 11.8 Å². The SMILES string of the molecule is C=CCCC(=O)N[C@H](COC)[C@H](OC(=O)[C@@H]1[C@H]2C(=O)N([C@@H](CC)CO)[C@H](C(=O)N(CC=C)c3ccc(Cl)cc3)[C@]23CC[C@H]1O3)c1ccccc1. The van der Waals surface area contributed by atoms with E-state index in [1.54, 1.807) is 60.7 Å². The summed E-state index contributed by atoms with van der Waals surface area (Å²) in [5.74, 6) is -3.83. The quantitative estimate of drug-likeness (QED) is 0.183. The van der Waals surface area contributed by atoms with Crippen molar-refractivity contribution in [1.82, 2.24) is 10.2 Å². The van der Waals surface area contributed by atoms with Crippen LogP contribution in [-0.4, -0.2) is 90.4 Å². The van der Waals surface area contributed by atoms with Crippen molar-refractivity contribution in [3.63, 3.8) is 0 Å². The van der Waals surface area contributed by atoms with E-state index in [0.29, 0.717) is 42.0 Å². The molecule has 3 saturated heterocycles. The number of rotatable bonds is 17. The van der Waals surface area contributed by atoms with Crippen molar-refractivity contribution in [2.24, 2.45) is 11.8 Å². The lowest BCUT2D eigenvalue weighted by Crippen LogP contribution is -2.59. The van der Waals surface area contributed by atoms with Crippen molar-refractivity contribution in [1.29, 1.82) is 0 Å². The summed E-state index contributed by atoms with van der Waals surface area (Å²) in [4.78, 5) is 59.6. The minimum Gasteiger partial charge on any atom is -0.455 e. The van der Waals surface area contributed by atoms with E-state index in [2.05, 4.69) is 18.5 Å². The van der Waals surface area contributed by atoms with E-state index in [4.69, 9.17) is 25.8 Å². The largest absolute Gasteiger partial charge is 0.455 e. The zero-order chi connectivity index (χ0) is 36.0. The molecule has 0 unspecified atom stereocenters. The molecule has 5 rings (SSSR count). The summed E-state index contributed by atoms with van der Waals surface area (Å²) in [6.45, 7) is 9.16. The van der Waals surface area contributed by atoms with E-state index in [9.17, 15) is 24.3 Å². The lowest BCUT2D eigenvalue weighted by molar-refractivity contribution is -0.163. The number of carbonyl (C=O) groups excluding carboxylic acids is 4. The van der Waals surface area contributed by atoms with Gasteiger partial charge in [-0.05, 0) is 55.5 Å². The first-order valence-electron chi connectivity index (χ1n) is 17.1. The number of nitrogens with one attached hydrogen (secondary N) is 1. The van der Waals surface area contributed by atoms with Gasteiger partial charge in [-0.15, -0.1) is 13.2 Å². The Balaban J connectivity index is 1.51. The maximum absolute atomic E-state index is 14.7. The fraction of sp³-hybridized carbons (Fsp3) is 0.474. The molecule has 3 amide bonds. The number of methoxy groups -OCH3 is 1. The second-order valence-electron chi connectivity index (χ2n) is 13.0. The van der Waals surface area contributed by atoms with Crippen molar-refractivity contribution in [2.75, 3.05) is 31.8 Å². The molecule has 3 fully saturated rings. The van der Waals surface area contributed by atoms with E-state index in [0.717, 1.165) is 0 Å². The third-order valence-electron chi connectivity index (χ3n) is 10.0. The monoisotopic (exact) mass is 707 g/mol. The van der Waals surface area contributed by atoms with Crippen LogP contribution in [0.3, 0.4) is 0 Å². The molecule has 3 heterocycles. The molecule has 2 aromatic rings. The molecule has 268 valence electrons. The van der Waals surface area contributed by atoms with Gasteiger partial charge >= 0.3 is 5.97 Å². The second kappa shape index (κ2) is 16.3. The van der Waals surface area contributed by atoms with Crippen LogP contribution in [0.2, 0.25) is 5.02 Å². The van der Waals surface area contributed by atoms with Crippen molar-refractivity contribution in [3.8, 4) is 0 Å². The van der Waals surface area contributed by atoms with Crippen molar-refractivity contribution < 1.29 is 38.5 Å². The molecule has 0 aliphatic carbocycles. The Morgan fingerprint density at radius 3 is 2.50 bits per heavy atom. The molecular formula is C38H46ClN3O8. The standard InChI is InChI=1S/C38H46ClN3O8/c1-5-8-14-30(44)40-28(23-48-4)33(24-12-10-9-11-13-24)49-37(47)31-29-19-20-38(50-29)32(31)35(45)42(26(7-3)22-43)34(38)36(46)41(21-6-2)27-17-15-25(39)16-18-27/h5-6,9-13,15-18,26,28-29,31-34,43H,1-2,7-8,14,19-23H2,3-4H3,(H,40,44)/t26-,28+,29+,31-,32-,33+,34+,38-/m0/s1. The molecule has 0 aromatic heterocycles. The zero-order valence-corrected chi connectivity index (χ0v) is 29.3. The topological polar surface area (TPSA) is 135 Å². The predicted octanol–water partition coefficient (Wildman–Crippen LogP) is 4.39. The van der Waals surface area contributed by atoms with Gasteiger partial charge in [-0.1, -0.05) is 61.0 Å². The molecule has 3 aliphatic heterocycles. The maximum atomic E-state index is 14.7. The van der Waals surface area contributed by atoms with Crippen LogP contribution in [0.5, 0.6) is 0 Å². The molecule has 8 atom stereocenters. The third-order valence-corrected chi connectivity index (χ3v) is 10.3. The molecule has 2 bridgehead atoms. The molecule has 1 spiro atoms. The van der Waals surface area contributed by atoms with Gasteiger partial charge in [0.25, 0.3) is 5.91 Å². The van der Waals surface area contributed by atoms with Gasteiger partial charge in [0.2, 0.25) is 11.8 Å². The number of amides is 3. The summed E-state index contributed by atoms with van der Waals surface area (Å²) in [6, 6.07) is 13.3. The summed E-state index contributed by atoms with van der Waals surface area (Å²) in [5, 5.41) is 13.9. The Hall–Kier alpha value is -4.03. The third kappa shape index (κ3) is 7.10. The first-order chi connectivity index (χ1) is 24.1. The van der Waals surface area contributed by atoms with Gasteiger partial charge in [0, 0.05) is 30.8 Å². The van der Waals surface area contributed by atoms with Crippen molar-refractivity contribution in [3.05, 3.63) is 90.5 Å². The van der Waals surface area contributed by atoms with Gasteiger partial charge in [-0.25, -0.2) is 0 Å². The smallest absolute Gasteiger partial charge is 0.313 e. The number of benzene rings is 2. The number of aliphatic hydroxyl groups is 1. The first-order valence-corrected chi connectivity index (χ1v) is 17.5. The van der Waals surface area contributed by atoms with Gasteiger partial charge in [-0.3, -0.25) is 19.2 Å². The maximum Gasteiger partial charge on any atom is 0.313 e. The number of nitrogens with zero attached hydrogens (tertiary/aromatic N) is 2. The van der Waals surface area contributed by atoms with Crippen LogP contribution in [0.4, 0.5) is 5.69 Å². The van der Waals surface area contributed by atoms with Crippen LogP contribution >= 0.6 is 11.6 Å². The van der Waals surface area contributed by atoms with Gasteiger partial charge in [0.1, 0.15) is 17.7 Å². The summed E-state index contributed by atoms with van der Waals surface area (Å²) < 4.78 is 18.4. The summed E-state index contributed by atoms with van der Waals surface area (Å²) in [5.41, 5.74) is -0.144. The highest BCUT2D eigenvalue weighted by molar-refractivity contribution is 6.30. The fourth-order valence-corrected chi connectivity index (χ4v) is 7.92. The normalized spacial score (nSPS) is 25.4. The highest BCUT2D eigenvalue weighted by atomic mass is 35.5. The van der Waals surface area contributed by atoms with Crippen molar-refractivity contribution in [2.45, 2.75) is 75.0 Å². The van der Waals surface area contributed by atoms with E-state index in [-0.39, 0.29) is 32.1 Å². The van der Waals surface area contributed by atoms with E-state index in [1.165, 1.54) is 16.9 Å². The molecule has 50 heavy (non-hydrogen) atoms. The van der Waals surface area contributed by atoms with Crippen LogP contribution in [0.25, 0.3) is 0 Å². The Kier molecular flexibility index (Phi) is 12.2. The van der Waals surface area contributed by atoms with Crippen LogP contribution in [0.1, 0.15) is 50.7 Å². The van der Waals surface area contributed by atoms with Gasteiger partial charge < -0.3 is 34.4 Å². The number of likely N-dealkylation sites (tertiary alicyclic amines) is 1. The number of fused-ring (bicyclic) bond motifs is 1. The van der Waals surface area contributed by atoms with E-state index >= 15 is 0 Å². The minimum atomic E-state index is -1.33. The molecular weight excluding hydrogens is 662 g/mol.